The molecule has 0 fully saturated rings. The summed E-state index contributed by atoms with van der Waals surface area (Å²) in [5.74, 6) is -1.59. The second-order valence-electron chi connectivity index (χ2n) is 5.09. The van der Waals surface area contributed by atoms with Gasteiger partial charge in [0.1, 0.15) is 6.04 Å². The molecule has 0 aliphatic carbocycles. The predicted molar refractivity (Wildman–Crippen MR) is 90.8 cm³/mol. The minimum Gasteiger partial charge on any atom is -0.467 e. The molecule has 1 aromatic heterocycles. The molecule has 2 rings (SSSR count). The van der Waals surface area contributed by atoms with Gasteiger partial charge in [0.2, 0.25) is 0 Å². The van der Waals surface area contributed by atoms with Crippen molar-refractivity contribution in [3.05, 3.63) is 54.2 Å². The SMILES string of the molecule is COC(=O)/C=C/C[C@@H](NC(=O)c1ccnc2ccccc12)C(=O)OC. The maximum absolute atomic E-state index is 12.6. The van der Waals surface area contributed by atoms with Crippen molar-refractivity contribution >= 4 is 28.7 Å². The smallest absolute Gasteiger partial charge is 0.330 e. The van der Waals surface area contributed by atoms with Crippen LogP contribution < -0.4 is 5.32 Å². The number of rotatable bonds is 6. The lowest BCUT2D eigenvalue weighted by Gasteiger charge is -2.15. The minimum atomic E-state index is -0.926. The van der Waals surface area contributed by atoms with E-state index in [9.17, 15) is 14.4 Å². The van der Waals surface area contributed by atoms with Crippen LogP contribution in [-0.2, 0) is 19.1 Å². The quantitative estimate of drug-likeness (QED) is 0.633. The Morgan fingerprint density at radius 1 is 1.16 bits per heavy atom. The molecule has 130 valence electrons. The lowest BCUT2D eigenvalue weighted by Crippen LogP contribution is -2.41. The molecule has 1 amide bonds. The van der Waals surface area contributed by atoms with E-state index in [1.54, 1.807) is 24.3 Å². The normalized spacial score (nSPS) is 11.9. The van der Waals surface area contributed by atoms with Crippen molar-refractivity contribution in [2.45, 2.75) is 12.5 Å². The van der Waals surface area contributed by atoms with Crippen molar-refractivity contribution < 1.29 is 23.9 Å². The zero-order chi connectivity index (χ0) is 18.2. The van der Waals surface area contributed by atoms with Crippen LogP contribution in [-0.4, -0.2) is 43.1 Å². The second-order valence-corrected chi connectivity index (χ2v) is 5.09. The molecule has 25 heavy (non-hydrogen) atoms. The number of ether oxygens (including phenoxy) is 2. The highest BCUT2D eigenvalue weighted by molar-refractivity contribution is 6.07. The van der Waals surface area contributed by atoms with Crippen LogP contribution in [0.1, 0.15) is 16.8 Å². The first kappa shape index (κ1) is 18.1. The number of carbonyl (C=O) groups excluding carboxylic acids is 3. The van der Waals surface area contributed by atoms with Gasteiger partial charge in [-0.3, -0.25) is 9.78 Å². The predicted octanol–water partition coefficient (Wildman–Crippen LogP) is 1.63. The average molecular weight is 342 g/mol. The highest BCUT2D eigenvalue weighted by Gasteiger charge is 2.22. The van der Waals surface area contributed by atoms with Gasteiger partial charge in [-0.15, -0.1) is 0 Å². The van der Waals surface area contributed by atoms with Crippen LogP contribution in [0.2, 0.25) is 0 Å². The topological polar surface area (TPSA) is 94.6 Å². The van der Waals surface area contributed by atoms with Gasteiger partial charge in [0, 0.05) is 17.7 Å². The van der Waals surface area contributed by atoms with Gasteiger partial charge in [0.15, 0.2) is 0 Å². The molecule has 0 spiro atoms. The fourth-order valence-electron chi connectivity index (χ4n) is 2.25. The molecule has 1 aromatic carbocycles. The number of aromatic nitrogens is 1. The monoisotopic (exact) mass is 342 g/mol. The van der Waals surface area contributed by atoms with Gasteiger partial charge in [-0.2, -0.15) is 0 Å². The van der Waals surface area contributed by atoms with Gasteiger partial charge in [0.05, 0.1) is 25.3 Å². The molecule has 0 unspecified atom stereocenters. The molecule has 0 saturated heterocycles. The number of methoxy groups -OCH3 is 2. The number of fused-ring (bicyclic) bond motifs is 1. The average Bonchev–Trinajstić information content (AvgIpc) is 2.65. The third-order valence-corrected chi connectivity index (χ3v) is 3.51. The molecule has 0 bridgehead atoms. The van der Waals surface area contributed by atoms with Crippen molar-refractivity contribution in [1.82, 2.24) is 10.3 Å². The van der Waals surface area contributed by atoms with Crippen LogP contribution in [0.5, 0.6) is 0 Å². The summed E-state index contributed by atoms with van der Waals surface area (Å²) < 4.78 is 9.19. The minimum absolute atomic E-state index is 0.0938. The van der Waals surface area contributed by atoms with Crippen LogP contribution in [0.25, 0.3) is 10.9 Å². The number of para-hydroxylation sites is 1. The number of hydrogen-bond acceptors (Lipinski definition) is 6. The Kier molecular flexibility index (Phi) is 6.22. The Balaban J connectivity index is 2.19. The fraction of sp³-hybridized carbons (Fsp3) is 0.222. The van der Waals surface area contributed by atoms with Gasteiger partial charge in [-0.25, -0.2) is 9.59 Å². The first-order valence-corrected chi connectivity index (χ1v) is 7.53. The van der Waals surface area contributed by atoms with E-state index in [1.165, 1.54) is 32.6 Å². The summed E-state index contributed by atoms with van der Waals surface area (Å²) in [4.78, 5) is 39.8. The number of pyridine rings is 1. The molecule has 1 N–H and O–H groups in total. The van der Waals surface area contributed by atoms with Gasteiger partial charge >= 0.3 is 11.9 Å². The van der Waals surface area contributed by atoms with E-state index in [0.29, 0.717) is 16.5 Å². The van der Waals surface area contributed by atoms with Crippen LogP contribution >= 0.6 is 0 Å². The van der Waals surface area contributed by atoms with E-state index < -0.39 is 23.9 Å². The van der Waals surface area contributed by atoms with Crippen LogP contribution in [0.4, 0.5) is 0 Å². The Morgan fingerprint density at radius 3 is 2.64 bits per heavy atom. The van der Waals surface area contributed by atoms with E-state index in [-0.39, 0.29) is 6.42 Å². The van der Waals surface area contributed by atoms with Crippen molar-refractivity contribution in [3.8, 4) is 0 Å². The summed E-state index contributed by atoms with van der Waals surface area (Å²) in [7, 11) is 2.48. The van der Waals surface area contributed by atoms with Crippen molar-refractivity contribution in [2.75, 3.05) is 14.2 Å². The zero-order valence-electron chi connectivity index (χ0n) is 13.9. The Hall–Kier alpha value is -3.22. The number of amides is 1. The number of benzene rings is 1. The summed E-state index contributed by atoms with van der Waals surface area (Å²) in [5, 5.41) is 3.30. The molecular formula is C18H18N2O5. The van der Waals surface area contributed by atoms with Gasteiger partial charge in [-0.1, -0.05) is 24.3 Å². The lowest BCUT2D eigenvalue weighted by molar-refractivity contribution is -0.143. The van der Waals surface area contributed by atoms with Gasteiger partial charge in [-0.05, 0) is 18.6 Å². The maximum atomic E-state index is 12.6. The number of hydrogen-bond donors (Lipinski definition) is 1. The molecule has 0 aliphatic rings. The highest BCUT2D eigenvalue weighted by Crippen LogP contribution is 2.16. The molecule has 0 aliphatic heterocycles. The zero-order valence-corrected chi connectivity index (χ0v) is 13.9. The number of nitrogens with zero attached hydrogens (tertiary/aromatic N) is 1. The summed E-state index contributed by atoms with van der Waals surface area (Å²) in [6.45, 7) is 0. The third-order valence-electron chi connectivity index (χ3n) is 3.51. The standard InChI is InChI=1S/C18H18N2O5/c1-24-16(21)9-5-8-15(18(23)25-2)20-17(22)13-10-11-19-14-7-4-3-6-12(13)14/h3-7,9-11,15H,8H2,1-2H3,(H,20,22)/b9-5+/t15-/m1/s1. The third kappa shape index (κ3) is 4.63. The molecule has 1 heterocycles. The summed E-state index contributed by atoms with van der Waals surface area (Å²) in [6, 6.07) is 7.86. The molecule has 0 radical (unpaired) electrons. The van der Waals surface area contributed by atoms with E-state index in [4.69, 9.17) is 4.74 Å². The van der Waals surface area contributed by atoms with Crippen molar-refractivity contribution in [1.29, 1.82) is 0 Å². The molecule has 0 saturated carbocycles. The van der Waals surface area contributed by atoms with Gasteiger partial charge < -0.3 is 14.8 Å². The Morgan fingerprint density at radius 2 is 1.92 bits per heavy atom. The summed E-state index contributed by atoms with van der Waals surface area (Å²) in [5.41, 5.74) is 1.08. The van der Waals surface area contributed by atoms with E-state index in [1.807, 2.05) is 6.07 Å². The maximum Gasteiger partial charge on any atom is 0.330 e. The molecule has 2 aromatic rings. The number of carbonyl (C=O) groups is 3. The number of esters is 2. The molecule has 1 atom stereocenters. The van der Waals surface area contributed by atoms with Crippen molar-refractivity contribution in [2.24, 2.45) is 0 Å². The van der Waals surface area contributed by atoms with E-state index >= 15 is 0 Å². The molecule has 7 nitrogen and oxygen atoms in total. The first-order chi connectivity index (χ1) is 12.1. The van der Waals surface area contributed by atoms with Crippen LogP contribution in [0.15, 0.2) is 48.7 Å². The highest BCUT2D eigenvalue weighted by atomic mass is 16.5. The first-order valence-electron chi connectivity index (χ1n) is 7.53. The van der Waals surface area contributed by atoms with E-state index in [0.717, 1.165) is 0 Å². The largest absolute Gasteiger partial charge is 0.467 e. The number of nitrogens with one attached hydrogen (secondary N) is 1. The molecular weight excluding hydrogens is 324 g/mol. The van der Waals surface area contributed by atoms with E-state index in [2.05, 4.69) is 15.0 Å². The summed E-state index contributed by atoms with van der Waals surface area (Å²) >= 11 is 0. The second kappa shape index (κ2) is 8.58. The fourth-order valence-corrected chi connectivity index (χ4v) is 2.25. The van der Waals surface area contributed by atoms with Crippen LogP contribution in [0, 0.1) is 0 Å². The van der Waals surface area contributed by atoms with Crippen LogP contribution in [0.3, 0.4) is 0 Å². The Labute approximate surface area is 144 Å². The summed E-state index contributed by atoms with van der Waals surface area (Å²) in [6.07, 6.45) is 4.25. The van der Waals surface area contributed by atoms with Crippen molar-refractivity contribution in [3.63, 3.8) is 0 Å². The van der Waals surface area contributed by atoms with Gasteiger partial charge in [0.25, 0.3) is 5.91 Å². The lowest BCUT2D eigenvalue weighted by atomic mass is 10.1. The molecule has 7 heteroatoms. The Bertz CT molecular complexity index is 811.